The number of aliphatic hydroxyl groups is 4. The molecule has 1 saturated heterocycles. The van der Waals surface area contributed by atoms with Crippen molar-refractivity contribution in [3.05, 3.63) is 0 Å². The first-order valence-corrected chi connectivity index (χ1v) is 2.97. The number of ether oxygens (including phenoxy) is 1. The summed E-state index contributed by atoms with van der Waals surface area (Å²) < 4.78 is 4.54. The van der Waals surface area contributed by atoms with E-state index in [0.29, 0.717) is 0 Å². The molecule has 0 amide bonds. The van der Waals surface area contributed by atoms with Crippen molar-refractivity contribution < 1.29 is 25.2 Å². The van der Waals surface area contributed by atoms with Gasteiger partial charge in [-0.25, -0.2) is 0 Å². The Balaban J connectivity index is 2.53. The lowest BCUT2D eigenvalue weighted by atomic mass is 10.1. The first kappa shape index (κ1) is 7.90. The van der Waals surface area contributed by atoms with Gasteiger partial charge in [0, 0.05) is 0 Å². The van der Waals surface area contributed by atoms with Crippen LogP contribution in [0.5, 0.6) is 0 Å². The Kier molecular flexibility index (Phi) is 2.22. The van der Waals surface area contributed by atoms with Gasteiger partial charge in [0.1, 0.15) is 18.3 Å². The fraction of sp³-hybridized carbons (Fsp3) is 1.00. The van der Waals surface area contributed by atoms with Crippen LogP contribution in [0.3, 0.4) is 0 Å². The van der Waals surface area contributed by atoms with Crippen molar-refractivity contribution >= 4 is 0 Å². The van der Waals surface area contributed by atoms with Crippen LogP contribution in [0.2, 0.25) is 0 Å². The predicted octanol–water partition coefficient (Wildman–Crippen LogP) is -2.58. The SMILES string of the molecule is OC[C@H]1O[C@H](O)C(O)[C@H]1O. The molecule has 60 valence electrons. The minimum absolute atomic E-state index is 0.407. The third-order valence-electron chi connectivity index (χ3n) is 1.52. The molecule has 10 heavy (non-hydrogen) atoms. The molecule has 0 aromatic heterocycles. The van der Waals surface area contributed by atoms with Crippen LogP contribution in [0.4, 0.5) is 0 Å². The maximum atomic E-state index is 8.93. The molecule has 4 atom stereocenters. The van der Waals surface area contributed by atoms with Gasteiger partial charge in [0.05, 0.1) is 6.61 Å². The molecule has 1 heterocycles. The van der Waals surface area contributed by atoms with E-state index >= 15 is 0 Å². The van der Waals surface area contributed by atoms with Gasteiger partial charge in [-0.2, -0.15) is 0 Å². The maximum absolute atomic E-state index is 8.93. The Labute approximate surface area is 57.5 Å². The maximum Gasteiger partial charge on any atom is 0.184 e. The molecule has 1 aliphatic rings. The van der Waals surface area contributed by atoms with Gasteiger partial charge in [0.2, 0.25) is 0 Å². The lowest BCUT2D eigenvalue weighted by Crippen LogP contribution is -2.33. The second-order valence-corrected chi connectivity index (χ2v) is 2.23. The van der Waals surface area contributed by atoms with Crippen LogP contribution in [-0.4, -0.2) is 51.6 Å². The number of hydrogen-bond acceptors (Lipinski definition) is 5. The summed E-state index contributed by atoms with van der Waals surface area (Å²) in [6.07, 6.45) is -4.76. The fourth-order valence-electron chi connectivity index (χ4n) is 0.880. The lowest BCUT2D eigenvalue weighted by Gasteiger charge is -2.09. The topological polar surface area (TPSA) is 90.2 Å². The van der Waals surface area contributed by atoms with Crippen LogP contribution in [-0.2, 0) is 4.74 Å². The smallest absolute Gasteiger partial charge is 0.184 e. The van der Waals surface area contributed by atoms with Crippen molar-refractivity contribution in [2.75, 3.05) is 6.61 Å². The molecule has 1 unspecified atom stereocenters. The molecular weight excluding hydrogens is 140 g/mol. The van der Waals surface area contributed by atoms with Crippen molar-refractivity contribution in [2.45, 2.75) is 24.6 Å². The van der Waals surface area contributed by atoms with Gasteiger partial charge in [0.15, 0.2) is 6.29 Å². The summed E-state index contributed by atoms with van der Waals surface area (Å²) >= 11 is 0. The minimum Gasteiger partial charge on any atom is -0.394 e. The average Bonchev–Trinajstić information content (AvgIpc) is 2.17. The summed E-state index contributed by atoms with van der Waals surface area (Å²) in [4.78, 5) is 0. The van der Waals surface area contributed by atoms with Crippen molar-refractivity contribution in [3.8, 4) is 0 Å². The Morgan fingerprint density at radius 1 is 1.10 bits per heavy atom. The van der Waals surface area contributed by atoms with Gasteiger partial charge in [-0.05, 0) is 0 Å². The first-order chi connectivity index (χ1) is 4.66. The van der Waals surface area contributed by atoms with Crippen molar-refractivity contribution in [1.29, 1.82) is 0 Å². The molecule has 1 fully saturated rings. The molecule has 5 nitrogen and oxygen atoms in total. The second kappa shape index (κ2) is 2.81. The highest BCUT2D eigenvalue weighted by molar-refractivity contribution is 4.84. The van der Waals surface area contributed by atoms with Crippen LogP contribution >= 0.6 is 0 Å². The summed E-state index contributed by atoms with van der Waals surface area (Å²) in [5, 5.41) is 35.0. The molecule has 4 N–H and O–H groups in total. The molecule has 5 heteroatoms. The standard InChI is InChI=1S/C5H10O5/c6-1-2-3(7)4(8)5(9)10-2/h2-9H,1H2/t2-,3+,4?,5+/m1/s1. The highest BCUT2D eigenvalue weighted by Gasteiger charge is 2.41. The largest absolute Gasteiger partial charge is 0.394 e. The Bertz CT molecular complexity index is 117. The van der Waals surface area contributed by atoms with Crippen LogP contribution in [0, 0.1) is 0 Å². The van der Waals surface area contributed by atoms with Crippen LogP contribution < -0.4 is 0 Å². The third-order valence-corrected chi connectivity index (χ3v) is 1.52. The summed E-state index contributed by atoms with van der Waals surface area (Å²) in [6.45, 7) is -0.407. The van der Waals surface area contributed by atoms with Gasteiger partial charge in [-0.15, -0.1) is 0 Å². The van der Waals surface area contributed by atoms with E-state index in [4.69, 9.17) is 20.4 Å². The zero-order valence-electron chi connectivity index (χ0n) is 5.21. The van der Waals surface area contributed by atoms with Crippen LogP contribution in [0.1, 0.15) is 0 Å². The summed E-state index contributed by atoms with van der Waals surface area (Å²) in [7, 11) is 0. The summed E-state index contributed by atoms with van der Waals surface area (Å²) in [5.41, 5.74) is 0. The zero-order chi connectivity index (χ0) is 7.72. The van der Waals surface area contributed by atoms with Crippen LogP contribution in [0.25, 0.3) is 0 Å². The van der Waals surface area contributed by atoms with Crippen LogP contribution in [0.15, 0.2) is 0 Å². The Morgan fingerprint density at radius 2 is 1.70 bits per heavy atom. The molecular formula is C5H10O5. The molecule has 0 spiro atoms. The number of rotatable bonds is 1. The Hall–Kier alpha value is -0.200. The highest BCUT2D eigenvalue weighted by Crippen LogP contribution is 2.18. The summed E-state index contributed by atoms with van der Waals surface area (Å²) in [6, 6.07) is 0. The fourth-order valence-corrected chi connectivity index (χ4v) is 0.880. The van der Waals surface area contributed by atoms with E-state index in [1.807, 2.05) is 0 Å². The number of hydrogen-bond donors (Lipinski definition) is 4. The average molecular weight is 150 g/mol. The molecule has 0 aromatic carbocycles. The van der Waals surface area contributed by atoms with Gasteiger partial charge in [-0.1, -0.05) is 0 Å². The van der Waals surface area contributed by atoms with Gasteiger partial charge < -0.3 is 25.2 Å². The minimum atomic E-state index is -1.38. The van der Waals surface area contributed by atoms with Gasteiger partial charge in [-0.3, -0.25) is 0 Å². The van der Waals surface area contributed by atoms with E-state index in [0.717, 1.165) is 0 Å². The monoisotopic (exact) mass is 150 g/mol. The van der Waals surface area contributed by atoms with E-state index in [-0.39, 0.29) is 0 Å². The quantitative estimate of drug-likeness (QED) is 0.329. The van der Waals surface area contributed by atoms with Crippen molar-refractivity contribution in [3.63, 3.8) is 0 Å². The molecule has 0 bridgehead atoms. The highest BCUT2D eigenvalue weighted by atomic mass is 16.6. The van der Waals surface area contributed by atoms with Gasteiger partial charge >= 0.3 is 0 Å². The lowest BCUT2D eigenvalue weighted by molar-refractivity contribution is -0.132. The molecule has 0 aromatic rings. The van der Waals surface area contributed by atoms with E-state index < -0.39 is 31.2 Å². The Morgan fingerprint density at radius 3 is 1.90 bits per heavy atom. The predicted molar refractivity (Wildman–Crippen MR) is 30.0 cm³/mol. The molecule has 0 saturated carbocycles. The van der Waals surface area contributed by atoms with Gasteiger partial charge in [0.25, 0.3) is 0 Å². The second-order valence-electron chi connectivity index (χ2n) is 2.23. The zero-order valence-corrected chi connectivity index (χ0v) is 5.21. The van der Waals surface area contributed by atoms with E-state index in [1.54, 1.807) is 0 Å². The molecule has 0 aliphatic carbocycles. The normalized spacial score (nSPS) is 48.0. The van der Waals surface area contributed by atoms with Crippen molar-refractivity contribution in [1.82, 2.24) is 0 Å². The van der Waals surface area contributed by atoms with Crippen molar-refractivity contribution in [2.24, 2.45) is 0 Å². The first-order valence-electron chi connectivity index (χ1n) is 2.97. The molecule has 1 aliphatic heterocycles. The summed E-state index contributed by atoms with van der Waals surface area (Å²) in [5.74, 6) is 0. The molecule has 1 rings (SSSR count). The number of aliphatic hydroxyl groups excluding tert-OH is 4. The molecule has 0 radical (unpaired) electrons. The third kappa shape index (κ3) is 1.14. The van der Waals surface area contributed by atoms with E-state index in [2.05, 4.69) is 4.74 Å². The van der Waals surface area contributed by atoms with E-state index in [9.17, 15) is 0 Å². The van der Waals surface area contributed by atoms with E-state index in [1.165, 1.54) is 0 Å².